The molecule has 2 rings (SSSR count). The first-order valence-corrected chi connectivity index (χ1v) is 6.98. The van der Waals surface area contributed by atoms with Gasteiger partial charge in [0.1, 0.15) is 5.69 Å². The molecule has 110 valence electrons. The van der Waals surface area contributed by atoms with Crippen LogP contribution >= 0.6 is 0 Å². The van der Waals surface area contributed by atoms with Gasteiger partial charge in [0.25, 0.3) is 5.91 Å². The second kappa shape index (κ2) is 7.76. The van der Waals surface area contributed by atoms with Crippen molar-refractivity contribution in [3.05, 3.63) is 18.1 Å². The Labute approximate surface area is 118 Å². The maximum absolute atomic E-state index is 11.8. The molecule has 1 amide bonds. The van der Waals surface area contributed by atoms with Gasteiger partial charge in [-0.05, 0) is 12.8 Å². The lowest BCUT2D eigenvalue weighted by atomic mass is 9.98. The summed E-state index contributed by atoms with van der Waals surface area (Å²) >= 11 is 0. The third-order valence-corrected chi connectivity index (χ3v) is 3.31. The van der Waals surface area contributed by atoms with Crippen molar-refractivity contribution in [1.29, 1.82) is 0 Å². The van der Waals surface area contributed by atoms with Crippen LogP contribution in [0.1, 0.15) is 42.6 Å². The van der Waals surface area contributed by atoms with Crippen LogP contribution in [0.25, 0.3) is 0 Å². The lowest BCUT2D eigenvalue weighted by Crippen LogP contribution is -2.30. The molecule has 1 heterocycles. The number of carbonyl (C=O) groups is 1. The van der Waals surface area contributed by atoms with E-state index in [1.807, 2.05) is 0 Å². The fourth-order valence-corrected chi connectivity index (χ4v) is 2.26. The number of nitrogens with one attached hydrogen (secondary N) is 2. The lowest BCUT2D eigenvalue weighted by Gasteiger charge is -2.21. The molecule has 0 unspecified atom stereocenters. The average Bonchev–Trinajstić information content (AvgIpc) is 2.52. The Kier molecular flexibility index (Phi) is 5.69. The van der Waals surface area contributed by atoms with Crippen LogP contribution in [0.5, 0.6) is 0 Å². The number of hydrogen-bond donors (Lipinski definition) is 3. The monoisotopic (exact) mass is 279 g/mol. The summed E-state index contributed by atoms with van der Waals surface area (Å²) in [6, 6.07) is 0. The quantitative estimate of drug-likeness (QED) is 0.405. The Balaban J connectivity index is 1.69. The van der Waals surface area contributed by atoms with Gasteiger partial charge in [-0.25, -0.2) is 10.8 Å². The summed E-state index contributed by atoms with van der Waals surface area (Å²) in [6.45, 7) is 0.996. The second-order valence-electron chi connectivity index (χ2n) is 4.82. The summed E-state index contributed by atoms with van der Waals surface area (Å²) in [5, 5.41) is 2.75. The van der Waals surface area contributed by atoms with Gasteiger partial charge in [-0.1, -0.05) is 19.3 Å². The van der Waals surface area contributed by atoms with Gasteiger partial charge in [-0.15, -0.1) is 0 Å². The van der Waals surface area contributed by atoms with Crippen molar-refractivity contribution in [3.63, 3.8) is 0 Å². The van der Waals surface area contributed by atoms with Crippen molar-refractivity contribution in [3.8, 4) is 0 Å². The van der Waals surface area contributed by atoms with Crippen LogP contribution in [-0.4, -0.2) is 35.1 Å². The molecule has 1 aliphatic carbocycles. The number of rotatable bonds is 6. The van der Waals surface area contributed by atoms with Crippen molar-refractivity contribution < 1.29 is 9.53 Å². The van der Waals surface area contributed by atoms with Gasteiger partial charge < -0.3 is 15.5 Å². The number of nitrogen functional groups attached to an aromatic ring is 1. The molecular weight excluding hydrogens is 258 g/mol. The van der Waals surface area contributed by atoms with Crippen LogP contribution in [0.15, 0.2) is 12.4 Å². The molecule has 0 saturated heterocycles. The number of hydrazine groups is 1. The molecule has 0 bridgehead atoms. The fourth-order valence-electron chi connectivity index (χ4n) is 2.26. The lowest BCUT2D eigenvalue weighted by molar-refractivity contribution is 0.0299. The number of carbonyl (C=O) groups excluding carboxylic acids is 1. The number of anilines is 1. The Morgan fingerprint density at radius 1 is 1.35 bits per heavy atom. The van der Waals surface area contributed by atoms with Crippen LogP contribution in [0, 0.1) is 0 Å². The van der Waals surface area contributed by atoms with E-state index in [2.05, 4.69) is 20.7 Å². The zero-order valence-corrected chi connectivity index (χ0v) is 11.5. The molecule has 0 spiro atoms. The zero-order valence-electron chi connectivity index (χ0n) is 11.5. The highest BCUT2D eigenvalue weighted by Gasteiger charge is 2.13. The van der Waals surface area contributed by atoms with Crippen LogP contribution in [-0.2, 0) is 4.74 Å². The number of amides is 1. The maximum Gasteiger partial charge on any atom is 0.271 e. The molecule has 0 aromatic carbocycles. The molecule has 1 aromatic heterocycles. The number of ether oxygens (including phenoxy) is 1. The van der Waals surface area contributed by atoms with E-state index in [0.717, 1.165) is 12.8 Å². The minimum atomic E-state index is -0.276. The summed E-state index contributed by atoms with van der Waals surface area (Å²) in [4.78, 5) is 19.7. The van der Waals surface area contributed by atoms with Crippen LogP contribution < -0.4 is 16.6 Å². The van der Waals surface area contributed by atoms with Gasteiger partial charge in [-0.2, -0.15) is 0 Å². The van der Waals surface area contributed by atoms with Crippen molar-refractivity contribution in [2.75, 3.05) is 18.6 Å². The third-order valence-electron chi connectivity index (χ3n) is 3.31. The highest BCUT2D eigenvalue weighted by Crippen LogP contribution is 2.19. The first-order valence-electron chi connectivity index (χ1n) is 6.98. The van der Waals surface area contributed by atoms with Crippen LogP contribution in [0.3, 0.4) is 0 Å². The number of hydrogen-bond acceptors (Lipinski definition) is 6. The standard InChI is InChI=1S/C13H21N5O2/c14-18-12-9-15-8-11(17-12)13(19)16-6-7-20-10-4-2-1-3-5-10/h8-10H,1-7,14H2,(H,16,19)(H,17,18). The average molecular weight is 279 g/mol. The maximum atomic E-state index is 11.8. The normalized spacial score (nSPS) is 15.8. The van der Waals surface area contributed by atoms with Gasteiger partial charge in [-0.3, -0.25) is 9.78 Å². The predicted octanol–water partition coefficient (Wildman–Crippen LogP) is 0.841. The van der Waals surface area contributed by atoms with E-state index in [1.54, 1.807) is 0 Å². The Morgan fingerprint density at radius 3 is 2.90 bits per heavy atom. The Bertz CT molecular complexity index is 435. The number of aromatic nitrogens is 2. The first-order chi connectivity index (χ1) is 9.79. The molecule has 4 N–H and O–H groups in total. The molecule has 1 aliphatic rings. The van der Waals surface area contributed by atoms with Gasteiger partial charge in [0, 0.05) is 6.54 Å². The molecule has 0 atom stereocenters. The van der Waals surface area contributed by atoms with E-state index < -0.39 is 0 Å². The van der Waals surface area contributed by atoms with E-state index in [1.165, 1.54) is 31.7 Å². The molecule has 1 aromatic rings. The molecule has 0 aliphatic heterocycles. The summed E-state index contributed by atoms with van der Waals surface area (Å²) < 4.78 is 5.73. The van der Waals surface area contributed by atoms with Crippen molar-refractivity contribution in [1.82, 2.24) is 15.3 Å². The molecule has 1 saturated carbocycles. The third kappa shape index (κ3) is 4.43. The second-order valence-corrected chi connectivity index (χ2v) is 4.82. The van der Waals surface area contributed by atoms with Crippen molar-refractivity contribution in [2.45, 2.75) is 38.2 Å². The number of nitrogens with two attached hydrogens (primary N) is 1. The topological polar surface area (TPSA) is 102 Å². The molecular formula is C13H21N5O2. The van der Waals surface area contributed by atoms with Crippen LogP contribution in [0.2, 0.25) is 0 Å². The highest BCUT2D eigenvalue weighted by molar-refractivity contribution is 5.92. The molecule has 20 heavy (non-hydrogen) atoms. The summed E-state index contributed by atoms with van der Waals surface area (Å²) in [6.07, 6.45) is 9.25. The van der Waals surface area contributed by atoms with E-state index in [0.29, 0.717) is 25.1 Å². The number of nitrogens with zero attached hydrogens (tertiary/aromatic N) is 2. The Hall–Kier alpha value is -1.73. The molecule has 1 fully saturated rings. The summed E-state index contributed by atoms with van der Waals surface area (Å²) in [5.41, 5.74) is 2.59. The summed E-state index contributed by atoms with van der Waals surface area (Å²) in [7, 11) is 0. The zero-order chi connectivity index (χ0) is 14.2. The van der Waals surface area contributed by atoms with E-state index >= 15 is 0 Å². The summed E-state index contributed by atoms with van der Waals surface area (Å²) in [5.74, 6) is 5.30. The molecule has 0 radical (unpaired) electrons. The Morgan fingerprint density at radius 2 is 2.15 bits per heavy atom. The van der Waals surface area contributed by atoms with Crippen molar-refractivity contribution >= 4 is 11.7 Å². The van der Waals surface area contributed by atoms with E-state index in [9.17, 15) is 4.79 Å². The van der Waals surface area contributed by atoms with Gasteiger partial charge in [0.15, 0.2) is 5.82 Å². The van der Waals surface area contributed by atoms with Gasteiger partial charge >= 0.3 is 0 Å². The largest absolute Gasteiger partial charge is 0.376 e. The highest BCUT2D eigenvalue weighted by atomic mass is 16.5. The van der Waals surface area contributed by atoms with Gasteiger partial charge in [0.2, 0.25) is 0 Å². The predicted molar refractivity (Wildman–Crippen MR) is 75.0 cm³/mol. The smallest absolute Gasteiger partial charge is 0.271 e. The molecule has 7 heteroatoms. The minimum absolute atomic E-state index is 0.234. The minimum Gasteiger partial charge on any atom is -0.376 e. The van der Waals surface area contributed by atoms with E-state index in [4.69, 9.17) is 10.6 Å². The van der Waals surface area contributed by atoms with Crippen LogP contribution in [0.4, 0.5) is 5.82 Å². The van der Waals surface area contributed by atoms with Crippen molar-refractivity contribution in [2.24, 2.45) is 5.84 Å². The van der Waals surface area contributed by atoms with Gasteiger partial charge in [0.05, 0.1) is 25.1 Å². The SMILES string of the molecule is NNc1cncc(C(=O)NCCOC2CCCCC2)n1. The van der Waals surface area contributed by atoms with E-state index in [-0.39, 0.29) is 11.6 Å². The fraction of sp³-hybridized carbons (Fsp3) is 0.615. The molecule has 7 nitrogen and oxygen atoms in total. The first kappa shape index (κ1) is 14.7.